The van der Waals surface area contributed by atoms with Crippen molar-refractivity contribution >= 4 is 0 Å². The second-order valence-corrected chi connectivity index (χ2v) is 3.62. The fourth-order valence-electron chi connectivity index (χ4n) is 1.51. The minimum atomic E-state index is -0.000231. The number of benzene rings is 1. The first-order valence-electron chi connectivity index (χ1n) is 5.27. The Kier molecular flexibility index (Phi) is 4.84. The van der Waals surface area contributed by atoms with Crippen molar-refractivity contribution in [1.82, 2.24) is 5.32 Å². The lowest BCUT2D eigenvalue weighted by Crippen LogP contribution is -2.34. The molecule has 3 N–H and O–H groups in total. The Labute approximate surface area is 97.0 Å². The molecule has 0 saturated carbocycles. The highest BCUT2D eigenvalue weighted by molar-refractivity contribution is 5.31. The van der Waals surface area contributed by atoms with Crippen molar-refractivity contribution in [1.29, 1.82) is 0 Å². The van der Waals surface area contributed by atoms with Crippen LogP contribution in [-0.2, 0) is 0 Å². The standard InChI is InChI=1S/C13H18N2O/c1-4-10(2)15-13(9-14)11-6-5-7-12(8-11)16-3/h1,5-8,10,13,15H,9,14H2,2-3H3. The predicted molar refractivity (Wildman–Crippen MR) is 66.2 cm³/mol. The van der Waals surface area contributed by atoms with E-state index in [2.05, 4.69) is 11.2 Å². The number of hydrogen-bond acceptors (Lipinski definition) is 3. The van der Waals surface area contributed by atoms with E-state index in [1.165, 1.54) is 0 Å². The Hall–Kier alpha value is -1.50. The van der Waals surface area contributed by atoms with Gasteiger partial charge in [0, 0.05) is 12.6 Å². The van der Waals surface area contributed by atoms with Gasteiger partial charge in [-0.25, -0.2) is 0 Å². The topological polar surface area (TPSA) is 47.3 Å². The van der Waals surface area contributed by atoms with Crippen LogP contribution < -0.4 is 15.8 Å². The van der Waals surface area contributed by atoms with Gasteiger partial charge in [0.05, 0.1) is 13.2 Å². The van der Waals surface area contributed by atoms with Crippen LogP contribution in [0.1, 0.15) is 18.5 Å². The first-order chi connectivity index (χ1) is 7.71. The monoisotopic (exact) mass is 218 g/mol. The third-order valence-electron chi connectivity index (χ3n) is 2.43. The summed E-state index contributed by atoms with van der Waals surface area (Å²) in [6, 6.07) is 7.88. The molecule has 0 spiro atoms. The minimum Gasteiger partial charge on any atom is -0.497 e. The van der Waals surface area contributed by atoms with Gasteiger partial charge in [-0.3, -0.25) is 5.32 Å². The summed E-state index contributed by atoms with van der Waals surface area (Å²) in [5, 5.41) is 3.27. The maximum Gasteiger partial charge on any atom is 0.119 e. The zero-order chi connectivity index (χ0) is 12.0. The number of ether oxygens (including phenoxy) is 1. The maximum atomic E-state index is 5.73. The van der Waals surface area contributed by atoms with E-state index in [4.69, 9.17) is 16.9 Å². The van der Waals surface area contributed by atoms with Gasteiger partial charge in [-0.05, 0) is 24.6 Å². The van der Waals surface area contributed by atoms with E-state index in [1.807, 2.05) is 31.2 Å². The zero-order valence-electron chi connectivity index (χ0n) is 9.73. The summed E-state index contributed by atoms with van der Waals surface area (Å²) in [6.45, 7) is 2.43. The van der Waals surface area contributed by atoms with Crippen molar-refractivity contribution in [2.45, 2.75) is 19.0 Å². The number of rotatable bonds is 5. The van der Waals surface area contributed by atoms with Crippen LogP contribution in [-0.4, -0.2) is 19.7 Å². The van der Waals surface area contributed by atoms with Crippen molar-refractivity contribution in [2.75, 3.05) is 13.7 Å². The van der Waals surface area contributed by atoms with Gasteiger partial charge in [0.2, 0.25) is 0 Å². The van der Waals surface area contributed by atoms with Gasteiger partial charge in [0.25, 0.3) is 0 Å². The number of nitrogens with one attached hydrogen (secondary N) is 1. The summed E-state index contributed by atoms with van der Waals surface area (Å²) in [5.41, 5.74) is 6.81. The molecule has 2 unspecified atom stereocenters. The summed E-state index contributed by atoms with van der Waals surface area (Å²) in [7, 11) is 1.65. The summed E-state index contributed by atoms with van der Waals surface area (Å²) in [5.74, 6) is 3.46. The highest BCUT2D eigenvalue weighted by atomic mass is 16.5. The predicted octanol–water partition coefficient (Wildman–Crippen LogP) is 1.31. The van der Waals surface area contributed by atoms with E-state index < -0.39 is 0 Å². The second-order valence-electron chi connectivity index (χ2n) is 3.62. The van der Waals surface area contributed by atoms with Gasteiger partial charge in [-0.15, -0.1) is 6.42 Å². The molecule has 3 nitrogen and oxygen atoms in total. The molecule has 86 valence electrons. The Balaban J connectivity index is 2.82. The SMILES string of the molecule is C#CC(C)NC(CN)c1cccc(OC)c1. The number of hydrogen-bond donors (Lipinski definition) is 2. The van der Waals surface area contributed by atoms with Crippen LogP contribution in [0.3, 0.4) is 0 Å². The van der Waals surface area contributed by atoms with Crippen molar-refractivity contribution in [3.05, 3.63) is 29.8 Å². The molecule has 1 aromatic rings. The molecule has 0 aliphatic carbocycles. The van der Waals surface area contributed by atoms with Crippen LogP contribution in [0.5, 0.6) is 5.75 Å². The zero-order valence-corrected chi connectivity index (χ0v) is 9.73. The van der Waals surface area contributed by atoms with Gasteiger partial charge in [-0.2, -0.15) is 0 Å². The molecule has 0 bridgehead atoms. The van der Waals surface area contributed by atoms with Gasteiger partial charge < -0.3 is 10.5 Å². The van der Waals surface area contributed by atoms with Crippen LogP contribution in [0.15, 0.2) is 24.3 Å². The van der Waals surface area contributed by atoms with E-state index >= 15 is 0 Å². The molecule has 0 aromatic heterocycles. The average molecular weight is 218 g/mol. The lowest BCUT2D eigenvalue weighted by atomic mass is 10.1. The largest absolute Gasteiger partial charge is 0.497 e. The van der Waals surface area contributed by atoms with Crippen LogP contribution in [0, 0.1) is 12.3 Å². The maximum absolute atomic E-state index is 5.73. The number of terminal acetylenes is 1. The molecule has 0 saturated heterocycles. The molecule has 16 heavy (non-hydrogen) atoms. The number of methoxy groups -OCH3 is 1. The van der Waals surface area contributed by atoms with Gasteiger partial charge >= 0.3 is 0 Å². The molecule has 1 aromatic carbocycles. The molecule has 0 aliphatic heterocycles. The molecule has 0 radical (unpaired) electrons. The van der Waals surface area contributed by atoms with Gasteiger partial charge in [0.15, 0.2) is 0 Å². The third kappa shape index (κ3) is 3.27. The van der Waals surface area contributed by atoms with Crippen molar-refractivity contribution in [3.63, 3.8) is 0 Å². The van der Waals surface area contributed by atoms with Crippen LogP contribution in [0.25, 0.3) is 0 Å². The lowest BCUT2D eigenvalue weighted by Gasteiger charge is -2.19. The fraction of sp³-hybridized carbons (Fsp3) is 0.385. The summed E-state index contributed by atoms with van der Waals surface area (Å²) < 4.78 is 5.17. The molecule has 1 rings (SSSR count). The molecule has 0 heterocycles. The third-order valence-corrected chi connectivity index (χ3v) is 2.43. The molecule has 2 atom stereocenters. The highest BCUT2D eigenvalue weighted by Crippen LogP contribution is 2.18. The average Bonchev–Trinajstić information content (AvgIpc) is 2.35. The first-order valence-corrected chi connectivity index (χ1v) is 5.27. The van der Waals surface area contributed by atoms with E-state index in [-0.39, 0.29) is 12.1 Å². The minimum absolute atomic E-state index is 0.000231. The highest BCUT2D eigenvalue weighted by Gasteiger charge is 2.11. The second kappa shape index (κ2) is 6.16. The fourth-order valence-corrected chi connectivity index (χ4v) is 1.51. The number of nitrogens with two attached hydrogens (primary N) is 1. The molecular weight excluding hydrogens is 200 g/mol. The quantitative estimate of drug-likeness (QED) is 0.732. The smallest absolute Gasteiger partial charge is 0.119 e. The Bertz CT molecular complexity index is 370. The molecule has 0 amide bonds. The van der Waals surface area contributed by atoms with E-state index in [0.29, 0.717) is 6.54 Å². The van der Waals surface area contributed by atoms with Crippen molar-refractivity contribution in [2.24, 2.45) is 5.73 Å². The summed E-state index contributed by atoms with van der Waals surface area (Å²) in [4.78, 5) is 0. The van der Waals surface area contributed by atoms with Crippen LogP contribution >= 0.6 is 0 Å². The van der Waals surface area contributed by atoms with Crippen LogP contribution in [0.2, 0.25) is 0 Å². The Morgan fingerprint density at radius 2 is 2.31 bits per heavy atom. The Morgan fingerprint density at radius 1 is 1.56 bits per heavy atom. The van der Waals surface area contributed by atoms with Gasteiger partial charge in [-0.1, -0.05) is 18.1 Å². The molecular formula is C13H18N2O. The summed E-state index contributed by atoms with van der Waals surface area (Å²) >= 11 is 0. The molecule has 0 fully saturated rings. The lowest BCUT2D eigenvalue weighted by molar-refractivity contribution is 0.412. The van der Waals surface area contributed by atoms with Crippen molar-refractivity contribution in [3.8, 4) is 18.1 Å². The van der Waals surface area contributed by atoms with Crippen molar-refractivity contribution < 1.29 is 4.74 Å². The normalized spacial score (nSPS) is 13.9. The first kappa shape index (κ1) is 12.6. The van der Waals surface area contributed by atoms with E-state index in [0.717, 1.165) is 11.3 Å². The van der Waals surface area contributed by atoms with E-state index in [9.17, 15) is 0 Å². The Morgan fingerprint density at radius 3 is 2.88 bits per heavy atom. The summed E-state index contributed by atoms with van der Waals surface area (Å²) in [6.07, 6.45) is 5.33. The van der Waals surface area contributed by atoms with Gasteiger partial charge in [0.1, 0.15) is 5.75 Å². The van der Waals surface area contributed by atoms with Crippen LogP contribution in [0.4, 0.5) is 0 Å². The van der Waals surface area contributed by atoms with E-state index in [1.54, 1.807) is 7.11 Å². The molecule has 3 heteroatoms. The molecule has 0 aliphatic rings.